The Morgan fingerprint density at radius 3 is 2.53 bits per heavy atom. The van der Waals surface area contributed by atoms with E-state index in [1.54, 1.807) is 0 Å². The molecule has 2 rings (SSSR count). The predicted molar refractivity (Wildman–Crippen MR) is 73.4 cm³/mol. The van der Waals surface area contributed by atoms with E-state index in [2.05, 4.69) is 28.7 Å². The summed E-state index contributed by atoms with van der Waals surface area (Å²) in [5, 5.41) is 15.5. The Morgan fingerprint density at radius 1 is 1.37 bits per heavy atom. The molecule has 1 heterocycles. The van der Waals surface area contributed by atoms with Crippen molar-refractivity contribution < 1.29 is 4.79 Å². The molecule has 1 aliphatic carbocycles. The minimum Gasteiger partial charge on any atom is -0.352 e. The van der Waals surface area contributed by atoms with E-state index in [0.29, 0.717) is 6.04 Å². The Kier molecular flexibility index (Phi) is 4.43. The van der Waals surface area contributed by atoms with Crippen LogP contribution < -0.4 is 10.6 Å². The van der Waals surface area contributed by atoms with E-state index in [9.17, 15) is 10.1 Å². The lowest BCUT2D eigenvalue weighted by molar-refractivity contribution is -0.126. The van der Waals surface area contributed by atoms with E-state index in [1.807, 2.05) is 7.05 Å². The summed E-state index contributed by atoms with van der Waals surface area (Å²) in [5.41, 5.74) is -0.412. The minimum atomic E-state index is -0.412. The molecule has 19 heavy (non-hydrogen) atoms. The number of amides is 1. The average Bonchev–Trinajstić information content (AvgIpc) is 2.84. The summed E-state index contributed by atoms with van der Waals surface area (Å²) in [6.45, 7) is 2.02. The molecule has 1 atom stereocenters. The van der Waals surface area contributed by atoms with Crippen LogP contribution in [-0.2, 0) is 4.79 Å². The second-order valence-corrected chi connectivity index (χ2v) is 5.97. The predicted octanol–water partition coefficient (Wildman–Crippen LogP) is 0.479. The second kappa shape index (κ2) is 5.89. The fourth-order valence-corrected chi connectivity index (χ4v) is 3.16. The number of likely N-dealkylation sites (N-methyl/N-ethyl adjacent to an activating group) is 1. The molecule has 1 amide bonds. The van der Waals surface area contributed by atoms with Crippen LogP contribution in [0.5, 0.6) is 0 Å². The molecule has 0 aromatic heterocycles. The van der Waals surface area contributed by atoms with Crippen LogP contribution in [0.4, 0.5) is 0 Å². The van der Waals surface area contributed by atoms with Crippen molar-refractivity contribution in [1.82, 2.24) is 15.5 Å². The van der Waals surface area contributed by atoms with Gasteiger partial charge in [0.2, 0.25) is 5.91 Å². The lowest BCUT2D eigenvalue weighted by Crippen LogP contribution is -2.48. The van der Waals surface area contributed by atoms with Crippen molar-refractivity contribution in [3.8, 4) is 6.07 Å². The molecule has 2 aliphatic rings. The fourth-order valence-electron chi connectivity index (χ4n) is 3.16. The van der Waals surface area contributed by atoms with Gasteiger partial charge >= 0.3 is 0 Å². The number of rotatable bonds is 3. The summed E-state index contributed by atoms with van der Waals surface area (Å²) in [6, 6.07) is 2.67. The number of nitriles is 1. The standard InChI is InChI=1S/C14H24N4O/c1-16-14(10-15)6-3-11(4-7-14)13(19)17-12-5-8-18(2)9-12/h11-12,16H,3-9H2,1-2H3,(H,17,19). The molecule has 5 nitrogen and oxygen atoms in total. The normalized spacial score (nSPS) is 35.8. The van der Waals surface area contributed by atoms with Crippen molar-refractivity contribution in [3.63, 3.8) is 0 Å². The zero-order chi connectivity index (χ0) is 13.9. The van der Waals surface area contributed by atoms with Gasteiger partial charge in [0.05, 0.1) is 6.07 Å². The summed E-state index contributed by atoms with van der Waals surface area (Å²) in [7, 11) is 3.92. The molecule has 1 unspecified atom stereocenters. The highest BCUT2D eigenvalue weighted by Crippen LogP contribution is 2.31. The number of likely N-dealkylation sites (tertiary alicyclic amines) is 1. The van der Waals surface area contributed by atoms with Gasteiger partial charge in [0, 0.05) is 18.5 Å². The Hall–Kier alpha value is -1.12. The van der Waals surface area contributed by atoms with Crippen molar-refractivity contribution in [3.05, 3.63) is 0 Å². The van der Waals surface area contributed by atoms with Crippen LogP contribution in [0.1, 0.15) is 32.1 Å². The maximum Gasteiger partial charge on any atom is 0.223 e. The van der Waals surface area contributed by atoms with Crippen molar-refractivity contribution in [2.24, 2.45) is 5.92 Å². The molecule has 1 saturated carbocycles. The van der Waals surface area contributed by atoms with Crippen LogP contribution in [0, 0.1) is 17.2 Å². The van der Waals surface area contributed by atoms with Gasteiger partial charge in [0.1, 0.15) is 5.54 Å². The topological polar surface area (TPSA) is 68.2 Å². The molecule has 5 heteroatoms. The first-order chi connectivity index (χ1) is 9.08. The van der Waals surface area contributed by atoms with E-state index in [-0.39, 0.29) is 11.8 Å². The van der Waals surface area contributed by atoms with Gasteiger partial charge in [-0.05, 0) is 52.7 Å². The van der Waals surface area contributed by atoms with Gasteiger partial charge in [0.15, 0.2) is 0 Å². The van der Waals surface area contributed by atoms with Gasteiger partial charge in [-0.1, -0.05) is 0 Å². The zero-order valence-corrected chi connectivity index (χ0v) is 11.9. The van der Waals surface area contributed by atoms with Crippen LogP contribution in [0.2, 0.25) is 0 Å². The van der Waals surface area contributed by atoms with Gasteiger partial charge in [0.25, 0.3) is 0 Å². The lowest BCUT2D eigenvalue weighted by atomic mass is 9.77. The van der Waals surface area contributed by atoms with Crippen molar-refractivity contribution in [2.45, 2.75) is 43.7 Å². The molecule has 1 aliphatic heterocycles. The van der Waals surface area contributed by atoms with Crippen LogP contribution in [0.15, 0.2) is 0 Å². The summed E-state index contributed by atoms with van der Waals surface area (Å²) in [4.78, 5) is 14.5. The highest BCUT2D eigenvalue weighted by molar-refractivity contribution is 5.79. The molecule has 0 aromatic rings. The van der Waals surface area contributed by atoms with Crippen LogP contribution in [0.25, 0.3) is 0 Å². The smallest absolute Gasteiger partial charge is 0.223 e. The number of nitrogens with zero attached hydrogens (tertiary/aromatic N) is 2. The Morgan fingerprint density at radius 2 is 2.05 bits per heavy atom. The van der Waals surface area contributed by atoms with Crippen molar-refractivity contribution >= 4 is 5.91 Å². The molecule has 0 radical (unpaired) electrons. The third kappa shape index (κ3) is 3.26. The third-order valence-corrected chi connectivity index (χ3v) is 4.64. The van der Waals surface area contributed by atoms with Crippen LogP contribution in [-0.4, -0.2) is 49.6 Å². The highest BCUT2D eigenvalue weighted by Gasteiger charge is 2.37. The van der Waals surface area contributed by atoms with E-state index >= 15 is 0 Å². The molecular weight excluding hydrogens is 240 g/mol. The highest BCUT2D eigenvalue weighted by atomic mass is 16.2. The first-order valence-corrected chi connectivity index (χ1v) is 7.17. The Labute approximate surface area is 115 Å². The van der Waals surface area contributed by atoms with E-state index in [4.69, 9.17) is 0 Å². The van der Waals surface area contributed by atoms with Gasteiger partial charge in [-0.15, -0.1) is 0 Å². The maximum absolute atomic E-state index is 12.2. The van der Waals surface area contributed by atoms with Crippen molar-refractivity contribution in [2.75, 3.05) is 27.2 Å². The van der Waals surface area contributed by atoms with Gasteiger partial charge in [-0.2, -0.15) is 5.26 Å². The molecule has 106 valence electrons. The molecule has 0 bridgehead atoms. The number of carbonyl (C=O) groups excluding carboxylic acids is 1. The maximum atomic E-state index is 12.2. The Bertz CT molecular complexity index is 368. The number of hydrogen-bond acceptors (Lipinski definition) is 4. The minimum absolute atomic E-state index is 0.0840. The zero-order valence-electron chi connectivity index (χ0n) is 11.9. The van der Waals surface area contributed by atoms with E-state index in [1.165, 1.54) is 0 Å². The molecular formula is C14H24N4O. The molecule has 2 fully saturated rings. The largest absolute Gasteiger partial charge is 0.352 e. The summed E-state index contributed by atoms with van der Waals surface area (Å²) in [6.07, 6.45) is 4.20. The Balaban J connectivity index is 1.81. The molecule has 2 N–H and O–H groups in total. The summed E-state index contributed by atoms with van der Waals surface area (Å²) in [5.74, 6) is 0.267. The number of carbonyl (C=O) groups is 1. The van der Waals surface area contributed by atoms with Crippen LogP contribution >= 0.6 is 0 Å². The average molecular weight is 264 g/mol. The monoisotopic (exact) mass is 264 g/mol. The van der Waals surface area contributed by atoms with Crippen molar-refractivity contribution in [1.29, 1.82) is 5.26 Å². The third-order valence-electron chi connectivity index (χ3n) is 4.64. The number of nitrogens with one attached hydrogen (secondary N) is 2. The SMILES string of the molecule is CNC1(C#N)CCC(C(=O)NC2CCN(C)C2)CC1. The summed E-state index contributed by atoms with van der Waals surface area (Å²) < 4.78 is 0. The van der Waals surface area contributed by atoms with E-state index in [0.717, 1.165) is 45.2 Å². The first-order valence-electron chi connectivity index (χ1n) is 7.17. The quantitative estimate of drug-likeness (QED) is 0.778. The second-order valence-electron chi connectivity index (χ2n) is 5.97. The van der Waals surface area contributed by atoms with Crippen LogP contribution in [0.3, 0.4) is 0 Å². The summed E-state index contributed by atoms with van der Waals surface area (Å²) >= 11 is 0. The first kappa shape index (κ1) is 14.3. The molecule has 0 aromatic carbocycles. The van der Waals surface area contributed by atoms with Gasteiger partial charge in [-0.25, -0.2) is 0 Å². The molecule has 1 saturated heterocycles. The fraction of sp³-hybridized carbons (Fsp3) is 0.857. The lowest BCUT2D eigenvalue weighted by Gasteiger charge is -2.34. The van der Waals surface area contributed by atoms with Gasteiger partial charge < -0.3 is 15.5 Å². The molecule has 0 spiro atoms. The number of hydrogen-bond donors (Lipinski definition) is 2. The van der Waals surface area contributed by atoms with Gasteiger partial charge in [-0.3, -0.25) is 4.79 Å². The van der Waals surface area contributed by atoms with E-state index < -0.39 is 5.54 Å².